The van der Waals surface area contributed by atoms with Gasteiger partial charge in [-0.3, -0.25) is 0 Å². The molecule has 0 aliphatic carbocycles. The summed E-state index contributed by atoms with van der Waals surface area (Å²) < 4.78 is 20.4. The van der Waals surface area contributed by atoms with Crippen LogP contribution >= 0.6 is 15.9 Å². The molecular formula is C24H28BrFO3. The Morgan fingerprint density at radius 3 is 1.69 bits per heavy atom. The molecule has 0 spiro atoms. The van der Waals surface area contributed by atoms with Crippen LogP contribution in [0.4, 0.5) is 4.39 Å². The zero-order chi connectivity index (χ0) is 22.1. The van der Waals surface area contributed by atoms with Crippen molar-refractivity contribution >= 4 is 32.2 Å². The number of halogens is 2. The van der Waals surface area contributed by atoms with E-state index in [4.69, 9.17) is 4.74 Å². The van der Waals surface area contributed by atoms with Gasteiger partial charge < -0.3 is 9.84 Å². The van der Waals surface area contributed by atoms with Gasteiger partial charge in [0.15, 0.2) is 0 Å². The minimum atomic E-state index is -0.444. The van der Waals surface area contributed by atoms with Crippen LogP contribution < -0.4 is 0 Å². The van der Waals surface area contributed by atoms with E-state index in [1.807, 2.05) is 41.5 Å². The smallest absolute Gasteiger partial charge is 0.337 e. The fourth-order valence-electron chi connectivity index (χ4n) is 3.03. The van der Waals surface area contributed by atoms with Crippen LogP contribution in [-0.4, -0.2) is 18.2 Å². The van der Waals surface area contributed by atoms with Gasteiger partial charge in [0.2, 0.25) is 0 Å². The van der Waals surface area contributed by atoms with Crippen LogP contribution in [0, 0.1) is 0 Å². The Labute approximate surface area is 180 Å². The van der Waals surface area contributed by atoms with Crippen LogP contribution in [0.25, 0.3) is 10.3 Å². The lowest BCUT2D eigenvalue weighted by Gasteiger charge is -2.28. The van der Waals surface area contributed by atoms with Gasteiger partial charge in [-0.15, -0.1) is 0 Å². The number of methoxy groups -OCH3 is 1. The van der Waals surface area contributed by atoms with Crippen LogP contribution in [0.1, 0.15) is 74.2 Å². The maximum Gasteiger partial charge on any atom is 0.337 e. The molecule has 0 aliphatic rings. The first-order valence-corrected chi connectivity index (χ1v) is 10.2. The highest BCUT2D eigenvalue weighted by Crippen LogP contribution is 2.43. The normalized spacial score (nSPS) is 13.1. The summed E-state index contributed by atoms with van der Waals surface area (Å²) in [7, 11) is 1.32. The summed E-state index contributed by atoms with van der Waals surface area (Å²) in [6, 6.07) is 9.90. The fourth-order valence-corrected chi connectivity index (χ4v) is 3.52. The molecule has 0 aromatic heterocycles. The molecule has 3 nitrogen and oxygen atoms in total. The summed E-state index contributed by atoms with van der Waals surface area (Å²) in [5.74, 6) is -0.674. The van der Waals surface area contributed by atoms with E-state index in [9.17, 15) is 9.90 Å². The standard InChI is InChI=1S/C24H28BrFO3/c1-23(2,3)17-12-16(13-18(21(17)27)24(4,5)6)20(26)19(25)14-8-10-15(11-9-14)22(28)29-7/h8-13,27H,1-7H3/b20-19-. The first-order valence-electron chi connectivity index (χ1n) is 9.39. The Hall–Kier alpha value is -2.14. The number of phenols is 1. The molecule has 0 heterocycles. The second-order valence-electron chi connectivity index (χ2n) is 9.12. The molecule has 0 amide bonds. The van der Waals surface area contributed by atoms with E-state index in [1.54, 1.807) is 36.4 Å². The Morgan fingerprint density at radius 2 is 1.31 bits per heavy atom. The third-order valence-electron chi connectivity index (χ3n) is 4.73. The topological polar surface area (TPSA) is 46.5 Å². The van der Waals surface area contributed by atoms with Gasteiger partial charge in [-0.05, 0) is 56.6 Å². The molecule has 2 aromatic carbocycles. The average molecular weight is 463 g/mol. The Morgan fingerprint density at radius 1 is 0.897 bits per heavy atom. The number of ether oxygens (including phenoxy) is 1. The zero-order valence-electron chi connectivity index (χ0n) is 18.0. The molecule has 0 unspecified atom stereocenters. The number of carbonyl (C=O) groups is 1. The summed E-state index contributed by atoms with van der Waals surface area (Å²) in [6.07, 6.45) is 0. The van der Waals surface area contributed by atoms with E-state index in [0.717, 1.165) is 0 Å². The molecule has 0 radical (unpaired) electrons. The number of rotatable bonds is 3. The summed E-state index contributed by atoms with van der Waals surface area (Å²) in [5.41, 5.74) is 2.06. The summed E-state index contributed by atoms with van der Waals surface area (Å²) in [5, 5.41) is 10.8. The quantitative estimate of drug-likeness (QED) is 0.395. The fraction of sp³-hybridized carbons (Fsp3) is 0.375. The van der Waals surface area contributed by atoms with E-state index in [2.05, 4.69) is 15.9 Å². The van der Waals surface area contributed by atoms with Crippen LogP contribution in [0.3, 0.4) is 0 Å². The SMILES string of the molecule is COC(=O)c1ccc(/C(Br)=C(/F)c2cc(C(C)(C)C)c(O)c(C(C)(C)C)c2)cc1. The second-order valence-corrected chi connectivity index (χ2v) is 9.91. The lowest BCUT2D eigenvalue weighted by Crippen LogP contribution is -2.17. The molecule has 5 heteroatoms. The molecule has 29 heavy (non-hydrogen) atoms. The van der Waals surface area contributed by atoms with Gasteiger partial charge >= 0.3 is 5.97 Å². The molecular weight excluding hydrogens is 435 g/mol. The van der Waals surface area contributed by atoms with Gasteiger partial charge in [0.05, 0.1) is 17.2 Å². The van der Waals surface area contributed by atoms with Crippen molar-refractivity contribution in [1.82, 2.24) is 0 Å². The zero-order valence-corrected chi connectivity index (χ0v) is 19.6. The van der Waals surface area contributed by atoms with Crippen molar-refractivity contribution in [3.8, 4) is 5.75 Å². The van der Waals surface area contributed by atoms with E-state index in [1.165, 1.54) is 7.11 Å². The van der Waals surface area contributed by atoms with Gasteiger partial charge in [0.1, 0.15) is 11.6 Å². The lowest BCUT2D eigenvalue weighted by atomic mass is 9.78. The number of hydrogen-bond acceptors (Lipinski definition) is 3. The van der Waals surface area contributed by atoms with Crippen LogP contribution in [0.5, 0.6) is 5.75 Å². The van der Waals surface area contributed by atoms with Gasteiger partial charge in [-0.2, -0.15) is 0 Å². The molecule has 0 saturated carbocycles. The summed E-state index contributed by atoms with van der Waals surface area (Å²) >= 11 is 3.36. The molecule has 0 aliphatic heterocycles. The van der Waals surface area contributed by atoms with Gasteiger partial charge in [0.25, 0.3) is 0 Å². The van der Waals surface area contributed by atoms with Crippen LogP contribution in [-0.2, 0) is 15.6 Å². The molecule has 0 atom stereocenters. The van der Waals surface area contributed by atoms with Crippen molar-refractivity contribution in [3.05, 3.63) is 64.2 Å². The van der Waals surface area contributed by atoms with E-state index in [0.29, 0.717) is 27.8 Å². The van der Waals surface area contributed by atoms with Crippen LogP contribution in [0.15, 0.2) is 36.4 Å². The molecule has 1 N–H and O–H groups in total. The molecule has 156 valence electrons. The molecule has 2 aromatic rings. The lowest BCUT2D eigenvalue weighted by molar-refractivity contribution is 0.0600. The molecule has 0 fully saturated rings. The monoisotopic (exact) mass is 462 g/mol. The number of aromatic hydroxyl groups is 1. The molecule has 2 rings (SSSR count). The first-order chi connectivity index (χ1) is 13.3. The maximum atomic E-state index is 15.5. The van der Waals surface area contributed by atoms with Crippen molar-refractivity contribution in [2.45, 2.75) is 52.4 Å². The number of phenolic OH excluding ortho intramolecular Hbond substituents is 1. The molecule has 0 saturated heterocycles. The minimum absolute atomic E-state index is 0.208. The van der Waals surface area contributed by atoms with Crippen molar-refractivity contribution < 1.29 is 19.0 Å². The number of benzene rings is 2. The highest BCUT2D eigenvalue weighted by atomic mass is 79.9. The highest BCUT2D eigenvalue weighted by molar-refractivity contribution is 9.15. The Bertz CT molecular complexity index is 911. The largest absolute Gasteiger partial charge is 0.507 e. The maximum absolute atomic E-state index is 15.5. The Balaban J connectivity index is 2.64. The third kappa shape index (κ3) is 5.08. The summed E-state index contributed by atoms with van der Waals surface area (Å²) in [6.45, 7) is 11.9. The Kier molecular flexibility index (Phi) is 6.63. The third-order valence-corrected chi connectivity index (χ3v) is 5.54. The van der Waals surface area contributed by atoms with Crippen molar-refractivity contribution in [1.29, 1.82) is 0 Å². The number of hydrogen-bond donors (Lipinski definition) is 1. The predicted octanol–water partition coefficient (Wildman–Crippen LogP) is 6.96. The minimum Gasteiger partial charge on any atom is -0.507 e. The predicted molar refractivity (Wildman–Crippen MR) is 120 cm³/mol. The van der Waals surface area contributed by atoms with Crippen LogP contribution in [0.2, 0.25) is 0 Å². The average Bonchev–Trinajstić information content (AvgIpc) is 2.64. The van der Waals surface area contributed by atoms with Crippen molar-refractivity contribution in [2.24, 2.45) is 0 Å². The van der Waals surface area contributed by atoms with Crippen molar-refractivity contribution in [3.63, 3.8) is 0 Å². The van der Waals surface area contributed by atoms with Crippen molar-refractivity contribution in [2.75, 3.05) is 7.11 Å². The number of esters is 1. The van der Waals surface area contributed by atoms with Gasteiger partial charge in [-0.25, -0.2) is 9.18 Å². The number of carbonyl (C=O) groups excluding carboxylic acids is 1. The van der Waals surface area contributed by atoms with E-state index < -0.39 is 11.8 Å². The first kappa shape index (κ1) is 23.1. The van der Waals surface area contributed by atoms with E-state index in [-0.39, 0.29) is 21.1 Å². The van der Waals surface area contributed by atoms with E-state index >= 15 is 4.39 Å². The molecule has 0 bridgehead atoms. The summed E-state index contributed by atoms with van der Waals surface area (Å²) in [4.78, 5) is 11.6. The van der Waals surface area contributed by atoms with Gasteiger partial charge in [-0.1, -0.05) is 53.7 Å². The second kappa shape index (κ2) is 8.31. The highest BCUT2D eigenvalue weighted by Gasteiger charge is 2.27. The van der Waals surface area contributed by atoms with Gasteiger partial charge in [0, 0.05) is 16.7 Å².